The van der Waals surface area contributed by atoms with Crippen molar-refractivity contribution >= 4 is 21.4 Å². The van der Waals surface area contributed by atoms with Gasteiger partial charge in [-0.1, -0.05) is 0 Å². The minimum absolute atomic E-state index is 0.101. The van der Waals surface area contributed by atoms with E-state index in [0.717, 1.165) is 37.9 Å². The lowest BCUT2D eigenvalue weighted by atomic mass is 9.98. The molecule has 2 rings (SSSR count). The number of anilines is 2. The van der Waals surface area contributed by atoms with Crippen LogP contribution in [0.1, 0.15) is 25.7 Å². The predicted octanol–water partition coefficient (Wildman–Crippen LogP) is 0.918. The summed E-state index contributed by atoms with van der Waals surface area (Å²) in [4.78, 5) is 2.32. The Bertz CT molecular complexity index is 587. The van der Waals surface area contributed by atoms with Crippen molar-refractivity contribution in [1.29, 1.82) is 0 Å². The Balaban J connectivity index is 2.30. The van der Waals surface area contributed by atoms with Crippen LogP contribution in [-0.4, -0.2) is 39.8 Å². The van der Waals surface area contributed by atoms with E-state index in [-0.39, 0.29) is 23.2 Å². The fourth-order valence-electron chi connectivity index (χ4n) is 2.86. The van der Waals surface area contributed by atoms with Gasteiger partial charge in [0.25, 0.3) is 0 Å². The van der Waals surface area contributed by atoms with Crippen LogP contribution < -0.4 is 15.4 Å². The van der Waals surface area contributed by atoms with Gasteiger partial charge in [0, 0.05) is 24.9 Å². The Morgan fingerprint density at radius 1 is 1.43 bits per heavy atom. The average molecular weight is 313 g/mol. The van der Waals surface area contributed by atoms with Gasteiger partial charge >= 0.3 is 0 Å². The molecule has 1 saturated heterocycles. The number of rotatable bonds is 5. The summed E-state index contributed by atoms with van der Waals surface area (Å²) in [5, 5.41) is 9.18. The summed E-state index contributed by atoms with van der Waals surface area (Å²) < 4.78 is 25.9. The van der Waals surface area contributed by atoms with Crippen molar-refractivity contribution in [3.8, 4) is 0 Å². The molecule has 118 valence electrons. The Kier molecular flexibility index (Phi) is 5.08. The van der Waals surface area contributed by atoms with Gasteiger partial charge in [-0.15, -0.1) is 0 Å². The second-order valence-corrected chi connectivity index (χ2v) is 7.14. The lowest BCUT2D eigenvalue weighted by Crippen LogP contribution is -2.40. The van der Waals surface area contributed by atoms with Gasteiger partial charge in [-0.2, -0.15) is 0 Å². The van der Waals surface area contributed by atoms with Crippen molar-refractivity contribution in [3.05, 3.63) is 18.2 Å². The predicted molar refractivity (Wildman–Crippen MR) is 83.8 cm³/mol. The fourth-order valence-corrected chi connectivity index (χ4v) is 3.70. The van der Waals surface area contributed by atoms with Gasteiger partial charge in [-0.05, 0) is 50.9 Å². The zero-order valence-corrected chi connectivity index (χ0v) is 13.1. The maximum absolute atomic E-state index is 11.8. The first kappa shape index (κ1) is 16.1. The molecule has 1 heterocycles. The van der Waals surface area contributed by atoms with Crippen LogP contribution in [0.15, 0.2) is 23.1 Å². The molecule has 7 heteroatoms. The van der Waals surface area contributed by atoms with E-state index in [1.807, 2.05) is 0 Å². The van der Waals surface area contributed by atoms with Crippen molar-refractivity contribution in [2.75, 3.05) is 30.8 Å². The van der Waals surface area contributed by atoms with Crippen molar-refractivity contribution in [3.63, 3.8) is 0 Å². The van der Waals surface area contributed by atoms with Gasteiger partial charge in [0.1, 0.15) is 4.90 Å². The molecule has 1 fully saturated rings. The molecule has 6 nitrogen and oxygen atoms in total. The Morgan fingerprint density at radius 2 is 2.19 bits per heavy atom. The lowest BCUT2D eigenvalue weighted by Gasteiger charge is -2.37. The molecule has 1 aromatic rings. The van der Waals surface area contributed by atoms with Crippen LogP contribution in [0, 0.1) is 0 Å². The molecule has 21 heavy (non-hydrogen) atoms. The molecular weight excluding hydrogens is 290 g/mol. The summed E-state index contributed by atoms with van der Waals surface area (Å²) in [5.41, 5.74) is 7.08. The highest BCUT2D eigenvalue weighted by atomic mass is 32.2. The quantitative estimate of drug-likeness (QED) is 0.703. The van der Waals surface area contributed by atoms with Gasteiger partial charge in [0.05, 0.1) is 5.69 Å². The Hall–Kier alpha value is -1.31. The molecule has 0 aromatic heterocycles. The van der Waals surface area contributed by atoms with E-state index in [4.69, 9.17) is 5.73 Å². The lowest BCUT2D eigenvalue weighted by molar-refractivity contribution is 0.262. The van der Waals surface area contributed by atoms with Gasteiger partial charge in [0.2, 0.25) is 10.0 Å². The highest BCUT2D eigenvalue weighted by Gasteiger charge is 2.23. The summed E-state index contributed by atoms with van der Waals surface area (Å²) in [6.45, 7) is 1.06. The molecule has 1 aliphatic rings. The van der Waals surface area contributed by atoms with E-state index in [1.54, 1.807) is 18.2 Å². The standard InChI is InChI=1S/C14H23N3O3S/c1-16-21(19,20)14-6-5-12(10-13(14)15)17-8-3-2-4-11(17)7-9-18/h5-6,10-11,16,18H,2-4,7-9,15H2,1H3. The van der Waals surface area contributed by atoms with Crippen molar-refractivity contribution < 1.29 is 13.5 Å². The third-order valence-electron chi connectivity index (χ3n) is 3.97. The summed E-state index contributed by atoms with van der Waals surface area (Å²) in [6.07, 6.45) is 4.01. The molecule has 4 N–H and O–H groups in total. The van der Waals surface area contributed by atoms with Crippen molar-refractivity contribution in [2.45, 2.75) is 36.6 Å². The maximum Gasteiger partial charge on any atom is 0.242 e. The first-order chi connectivity index (χ1) is 9.99. The number of benzene rings is 1. The third kappa shape index (κ3) is 3.48. The number of nitrogens with zero attached hydrogens (tertiary/aromatic N) is 1. The maximum atomic E-state index is 11.8. The van der Waals surface area contributed by atoms with Crippen molar-refractivity contribution in [1.82, 2.24) is 4.72 Å². The Morgan fingerprint density at radius 3 is 2.81 bits per heavy atom. The number of sulfonamides is 1. The smallest absolute Gasteiger partial charge is 0.242 e. The molecule has 0 spiro atoms. The van der Waals surface area contributed by atoms with E-state index >= 15 is 0 Å². The van der Waals surface area contributed by atoms with Gasteiger partial charge < -0.3 is 15.7 Å². The number of nitrogens with one attached hydrogen (secondary N) is 1. The number of piperidine rings is 1. The third-order valence-corrected chi connectivity index (χ3v) is 5.46. The first-order valence-corrected chi connectivity index (χ1v) is 8.68. The highest BCUT2D eigenvalue weighted by Crippen LogP contribution is 2.30. The monoisotopic (exact) mass is 313 g/mol. The molecule has 0 saturated carbocycles. The average Bonchev–Trinajstić information content (AvgIpc) is 2.48. The van der Waals surface area contributed by atoms with Gasteiger partial charge in [0.15, 0.2) is 0 Å². The van der Waals surface area contributed by atoms with Crippen LogP contribution in [0.4, 0.5) is 11.4 Å². The largest absolute Gasteiger partial charge is 0.398 e. The van der Waals surface area contributed by atoms with Crippen LogP contribution in [0.3, 0.4) is 0 Å². The summed E-state index contributed by atoms with van der Waals surface area (Å²) >= 11 is 0. The molecular formula is C14H23N3O3S. The van der Waals surface area contributed by atoms with Crippen LogP contribution in [0.2, 0.25) is 0 Å². The number of hydrogen-bond acceptors (Lipinski definition) is 5. The summed E-state index contributed by atoms with van der Waals surface area (Å²) in [6, 6.07) is 5.33. The number of aliphatic hydroxyl groups is 1. The van der Waals surface area contributed by atoms with E-state index in [9.17, 15) is 13.5 Å². The number of nitrogen functional groups attached to an aromatic ring is 1. The van der Waals surface area contributed by atoms with E-state index < -0.39 is 10.0 Å². The number of hydrogen-bond donors (Lipinski definition) is 3. The zero-order valence-electron chi connectivity index (χ0n) is 12.2. The second kappa shape index (κ2) is 6.64. The molecule has 0 bridgehead atoms. The van der Waals surface area contributed by atoms with Crippen LogP contribution in [0.25, 0.3) is 0 Å². The molecule has 0 amide bonds. The molecule has 0 radical (unpaired) electrons. The first-order valence-electron chi connectivity index (χ1n) is 7.20. The molecule has 1 aromatic carbocycles. The van der Waals surface area contributed by atoms with E-state index in [2.05, 4.69) is 9.62 Å². The van der Waals surface area contributed by atoms with E-state index in [1.165, 1.54) is 7.05 Å². The minimum Gasteiger partial charge on any atom is -0.398 e. The molecule has 0 aliphatic carbocycles. The van der Waals surface area contributed by atoms with Gasteiger partial charge in [-0.3, -0.25) is 0 Å². The molecule has 1 aliphatic heterocycles. The van der Waals surface area contributed by atoms with Crippen LogP contribution in [-0.2, 0) is 10.0 Å². The second-order valence-electron chi connectivity index (χ2n) is 5.28. The van der Waals surface area contributed by atoms with Crippen LogP contribution >= 0.6 is 0 Å². The fraction of sp³-hybridized carbons (Fsp3) is 0.571. The van der Waals surface area contributed by atoms with Gasteiger partial charge in [-0.25, -0.2) is 13.1 Å². The SMILES string of the molecule is CNS(=O)(=O)c1ccc(N2CCCCC2CCO)cc1N. The number of aliphatic hydroxyl groups excluding tert-OH is 1. The van der Waals surface area contributed by atoms with Crippen molar-refractivity contribution in [2.24, 2.45) is 0 Å². The normalized spacial score (nSPS) is 19.7. The topological polar surface area (TPSA) is 95.7 Å². The Labute approximate surface area is 126 Å². The van der Waals surface area contributed by atoms with Crippen LogP contribution in [0.5, 0.6) is 0 Å². The summed E-state index contributed by atoms with van der Waals surface area (Å²) in [5.74, 6) is 0. The molecule has 1 atom stereocenters. The molecule has 1 unspecified atom stereocenters. The summed E-state index contributed by atoms with van der Waals surface area (Å²) in [7, 11) is -2.17. The zero-order chi connectivity index (χ0) is 15.5. The minimum atomic E-state index is -3.53. The number of nitrogens with two attached hydrogens (primary N) is 1. The van der Waals surface area contributed by atoms with E-state index in [0.29, 0.717) is 0 Å². The highest BCUT2D eigenvalue weighted by molar-refractivity contribution is 7.89.